The SMILES string of the molecule is CCC(C)C1NC(CC(C)C)N(C(C)C(C)(C)C)C1=O. The normalized spacial score (nSPS) is 27.2. The Morgan fingerprint density at radius 2 is 1.75 bits per heavy atom. The maximum absolute atomic E-state index is 12.8. The van der Waals surface area contributed by atoms with E-state index in [1.54, 1.807) is 0 Å². The maximum Gasteiger partial charge on any atom is 0.241 e. The van der Waals surface area contributed by atoms with Gasteiger partial charge in [0.1, 0.15) is 0 Å². The van der Waals surface area contributed by atoms with Crippen LogP contribution in [0.1, 0.15) is 68.2 Å². The first-order valence-electron chi connectivity index (χ1n) is 8.17. The summed E-state index contributed by atoms with van der Waals surface area (Å²) in [6, 6.07) is 0.244. The lowest BCUT2D eigenvalue weighted by molar-refractivity contribution is -0.135. The van der Waals surface area contributed by atoms with E-state index >= 15 is 0 Å². The molecule has 118 valence electrons. The molecule has 4 unspecified atom stereocenters. The molecule has 1 amide bonds. The van der Waals surface area contributed by atoms with E-state index in [1.165, 1.54) is 0 Å². The standard InChI is InChI=1S/C17H34N2O/c1-9-12(4)15-16(20)19(13(5)17(6,7)8)14(18-15)10-11(2)3/h11-15,18H,9-10H2,1-8H3. The van der Waals surface area contributed by atoms with Crippen LogP contribution >= 0.6 is 0 Å². The van der Waals surface area contributed by atoms with Gasteiger partial charge in [-0.3, -0.25) is 10.1 Å². The summed E-state index contributed by atoms with van der Waals surface area (Å²) >= 11 is 0. The number of amides is 1. The van der Waals surface area contributed by atoms with E-state index in [-0.39, 0.29) is 23.7 Å². The molecule has 0 aromatic heterocycles. The first-order valence-corrected chi connectivity index (χ1v) is 8.17. The van der Waals surface area contributed by atoms with Gasteiger partial charge >= 0.3 is 0 Å². The van der Waals surface area contributed by atoms with Gasteiger partial charge in [-0.15, -0.1) is 0 Å². The molecular formula is C17H34N2O. The van der Waals surface area contributed by atoms with Crippen LogP contribution in [0.25, 0.3) is 0 Å². The highest BCUT2D eigenvalue weighted by molar-refractivity contribution is 5.85. The van der Waals surface area contributed by atoms with Gasteiger partial charge in [0.05, 0.1) is 12.2 Å². The predicted octanol–water partition coefficient (Wildman–Crippen LogP) is 3.64. The lowest BCUT2D eigenvalue weighted by Crippen LogP contribution is -2.49. The van der Waals surface area contributed by atoms with Crippen LogP contribution in [0.4, 0.5) is 0 Å². The minimum atomic E-state index is -0.00597. The lowest BCUT2D eigenvalue weighted by Gasteiger charge is -2.39. The molecule has 0 radical (unpaired) electrons. The molecule has 1 rings (SSSR count). The second-order valence-corrected chi connectivity index (χ2v) is 7.96. The Kier molecular flexibility index (Phi) is 5.65. The van der Waals surface area contributed by atoms with Gasteiger partial charge in [-0.2, -0.15) is 0 Å². The number of nitrogens with one attached hydrogen (secondary N) is 1. The van der Waals surface area contributed by atoms with Crippen molar-refractivity contribution in [3.05, 3.63) is 0 Å². The van der Waals surface area contributed by atoms with Gasteiger partial charge in [0, 0.05) is 6.04 Å². The third-order valence-electron chi connectivity index (χ3n) is 4.81. The molecule has 0 saturated carbocycles. The smallest absolute Gasteiger partial charge is 0.241 e. The Labute approximate surface area is 125 Å². The highest BCUT2D eigenvalue weighted by Gasteiger charge is 2.45. The molecule has 1 N–H and O–H groups in total. The van der Waals surface area contributed by atoms with Gasteiger partial charge in [0.15, 0.2) is 0 Å². The Hall–Kier alpha value is -0.570. The monoisotopic (exact) mass is 282 g/mol. The van der Waals surface area contributed by atoms with Crippen LogP contribution in [0.2, 0.25) is 0 Å². The topological polar surface area (TPSA) is 32.3 Å². The minimum absolute atomic E-state index is 0.00597. The number of rotatable bonds is 5. The van der Waals surface area contributed by atoms with Crippen molar-refractivity contribution in [3.63, 3.8) is 0 Å². The molecule has 4 atom stereocenters. The van der Waals surface area contributed by atoms with Crippen molar-refractivity contribution in [2.45, 2.75) is 86.5 Å². The quantitative estimate of drug-likeness (QED) is 0.835. The van der Waals surface area contributed by atoms with Crippen LogP contribution in [0.15, 0.2) is 0 Å². The van der Waals surface area contributed by atoms with Crippen molar-refractivity contribution in [3.8, 4) is 0 Å². The third kappa shape index (κ3) is 3.75. The molecule has 1 fully saturated rings. The van der Waals surface area contributed by atoms with Crippen LogP contribution in [0.5, 0.6) is 0 Å². The van der Waals surface area contributed by atoms with Crippen molar-refractivity contribution in [2.75, 3.05) is 0 Å². The number of carbonyl (C=O) groups excluding carboxylic acids is 1. The zero-order valence-corrected chi connectivity index (χ0v) is 14.7. The second-order valence-electron chi connectivity index (χ2n) is 7.96. The molecular weight excluding hydrogens is 248 g/mol. The zero-order chi connectivity index (χ0) is 15.7. The highest BCUT2D eigenvalue weighted by atomic mass is 16.2. The van der Waals surface area contributed by atoms with Crippen molar-refractivity contribution in [1.82, 2.24) is 10.2 Å². The van der Waals surface area contributed by atoms with E-state index in [0.717, 1.165) is 12.8 Å². The molecule has 3 nitrogen and oxygen atoms in total. The van der Waals surface area contributed by atoms with E-state index in [9.17, 15) is 4.79 Å². The van der Waals surface area contributed by atoms with E-state index in [1.807, 2.05) is 0 Å². The van der Waals surface area contributed by atoms with Gasteiger partial charge in [0.2, 0.25) is 5.91 Å². The Bertz CT molecular complexity index is 332. The molecule has 0 aromatic rings. The summed E-state index contributed by atoms with van der Waals surface area (Å²) in [6.07, 6.45) is 2.25. The number of hydrogen-bond acceptors (Lipinski definition) is 2. The summed E-state index contributed by atoms with van der Waals surface area (Å²) in [5, 5.41) is 3.60. The van der Waals surface area contributed by atoms with Crippen LogP contribution in [-0.2, 0) is 4.79 Å². The summed E-state index contributed by atoms with van der Waals surface area (Å²) in [5.41, 5.74) is 0.108. The largest absolute Gasteiger partial charge is 0.323 e. The van der Waals surface area contributed by atoms with Crippen LogP contribution in [0.3, 0.4) is 0 Å². The average Bonchev–Trinajstić information content (AvgIpc) is 2.62. The molecule has 0 spiro atoms. The zero-order valence-electron chi connectivity index (χ0n) is 14.7. The average molecular weight is 282 g/mol. The second kappa shape index (κ2) is 6.46. The van der Waals surface area contributed by atoms with Crippen LogP contribution in [0, 0.1) is 17.3 Å². The summed E-state index contributed by atoms with van der Waals surface area (Å²) in [7, 11) is 0. The van der Waals surface area contributed by atoms with Gasteiger partial charge in [0.25, 0.3) is 0 Å². The lowest BCUT2D eigenvalue weighted by atomic mass is 9.86. The Balaban J connectivity index is 2.99. The summed E-state index contributed by atoms with van der Waals surface area (Å²) in [6.45, 7) is 17.6. The van der Waals surface area contributed by atoms with Gasteiger partial charge in [-0.05, 0) is 30.6 Å². The summed E-state index contributed by atoms with van der Waals surface area (Å²) in [5.74, 6) is 1.28. The molecule has 0 aliphatic carbocycles. The van der Waals surface area contributed by atoms with Crippen LogP contribution in [-0.4, -0.2) is 29.1 Å². The fourth-order valence-electron chi connectivity index (χ4n) is 2.82. The molecule has 1 saturated heterocycles. The summed E-state index contributed by atoms with van der Waals surface area (Å²) in [4.78, 5) is 15.0. The molecule has 1 aliphatic rings. The van der Waals surface area contributed by atoms with E-state index in [2.05, 4.69) is 65.6 Å². The van der Waals surface area contributed by atoms with Crippen molar-refractivity contribution in [1.29, 1.82) is 0 Å². The first-order chi connectivity index (χ1) is 9.09. The van der Waals surface area contributed by atoms with Gasteiger partial charge < -0.3 is 4.90 Å². The number of hydrogen-bond donors (Lipinski definition) is 1. The highest BCUT2D eigenvalue weighted by Crippen LogP contribution is 2.32. The van der Waals surface area contributed by atoms with Gasteiger partial charge in [-0.25, -0.2) is 0 Å². The maximum atomic E-state index is 12.8. The van der Waals surface area contributed by atoms with Gasteiger partial charge in [-0.1, -0.05) is 54.9 Å². The van der Waals surface area contributed by atoms with Crippen molar-refractivity contribution >= 4 is 5.91 Å². The Morgan fingerprint density at radius 3 is 2.15 bits per heavy atom. The Morgan fingerprint density at radius 1 is 1.20 bits per heavy atom. The fourth-order valence-corrected chi connectivity index (χ4v) is 2.82. The molecule has 1 heterocycles. The van der Waals surface area contributed by atoms with Crippen molar-refractivity contribution in [2.24, 2.45) is 17.3 Å². The first kappa shape index (κ1) is 17.5. The van der Waals surface area contributed by atoms with E-state index in [0.29, 0.717) is 17.7 Å². The van der Waals surface area contributed by atoms with Crippen LogP contribution < -0.4 is 5.32 Å². The number of nitrogens with zero attached hydrogens (tertiary/aromatic N) is 1. The minimum Gasteiger partial charge on any atom is -0.323 e. The predicted molar refractivity (Wildman–Crippen MR) is 85.4 cm³/mol. The third-order valence-corrected chi connectivity index (χ3v) is 4.81. The van der Waals surface area contributed by atoms with E-state index < -0.39 is 0 Å². The molecule has 20 heavy (non-hydrogen) atoms. The van der Waals surface area contributed by atoms with E-state index in [4.69, 9.17) is 0 Å². The molecule has 0 bridgehead atoms. The number of carbonyl (C=O) groups is 1. The van der Waals surface area contributed by atoms with Crippen molar-refractivity contribution < 1.29 is 4.79 Å². The molecule has 1 aliphatic heterocycles. The molecule has 0 aromatic carbocycles. The fraction of sp³-hybridized carbons (Fsp3) is 0.941. The summed E-state index contributed by atoms with van der Waals surface area (Å²) < 4.78 is 0. The molecule has 3 heteroatoms.